The number of aromatic nitrogens is 1. The van der Waals surface area contributed by atoms with Crippen molar-refractivity contribution < 1.29 is 18.7 Å². The third kappa shape index (κ3) is 3.96. The van der Waals surface area contributed by atoms with Gasteiger partial charge in [-0.1, -0.05) is 30.3 Å². The van der Waals surface area contributed by atoms with Crippen LogP contribution in [-0.4, -0.2) is 29.7 Å². The highest BCUT2D eigenvalue weighted by molar-refractivity contribution is 5.90. The summed E-state index contributed by atoms with van der Waals surface area (Å²) in [6.45, 7) is 0.368. The lowest BCUT2D eigenvalue weighted by molar-refractivity contribution is 0.194. The highest BCUT2D eigenvalue weighted by atomic mass is 19.1. The second-order valence-electron chi connectivity index (χ2n) is 8.05. The van der Waals surface area contributed by atoms with E-state index in [9.17, 15) is 9.18 Å². The van der Waals surface area contributed by atoms with Crippen molar-refractivity contribution in [3.63, 3.8) is 0 Å². The Kier molecular flexibility index (Phi) is 5.67. The zero-order valence-corrected chi connectivity index (χ0v) is 18.9. The summed E-state index contributed by atoms with van der Waals surface area (Å²) in [5, 5.41) is 3.00. The second-order valence-corrected chi connectivity index (χ2v) is 8.05. The van der Waals surface area contributed by atoms with Crippen LogP contribution >= 0.6 is 0 Å². The fourth-order valence-corrected chi connectivity index (χ4v) is 4.41. The molecule has 1 N–H and O–H groups in total. The van der Waals surface area contributed by atoms with E-state index in [2.05, 4.69) is 9.88 Å². The van der Waals surface area contributed by atoms with E-state index in [1.807, 2.05) is 42.6 Å². The standard InChI is InChI=1S/C27H24FN3O3/c1-33-22-14-21(15-23(16-22)34-2)29-27(32)31-17-19-6-3-4-7-24(19)30-13-5-8-25(30)26(31)18-9-11-20(28)12-10-18/h3-16,26H,17H2,1-2H3,(H,29,32)/t26-/m1/s1. The van der Waals surface area contributed by atoms with Crippen LogP contribution in [0.25, 0.3) is 5.69 Å². The van der Waals surface area contributed by atoms with E-state index in [1.165, 1.54) is 12.1 Å². The van der Waals surface area contributed by atoms with Crippen molar-refractivity contribution in [1.29, 1.82) is 0 Å². The van der Waals surface area contributed by atoms with Gasteiger partial charge in [0.1, 0.15) is 17.3 Å². The topological polar surface area (TPSA) is 55.7 Å². The van der Waals surface area contributed by atoms with Crippen LogP contribution < -0.4 is 14.8 Å². The summed E-state index contributed by atoms with van der Waals surface area (Å²) in [6.07, 6.45) is 1.99. The number of methoxy groups -OCH3 is 2. The van der Waals surface area contributed by atoms with Crippen LogP contribution in [0.3, 0.4) is 0 Å². The maximum Gasteiger partial charge on any atom is 0.322 e. The first-order valence-electron chi connectivity index (χ1n) is 10.9. The Morgan fingerprint density at radius 2 is 1.65 bits per heavy atom. The van der Waals surface area contributed by atoms with Gasteiger partial charge in [0.05, 0.1) is 32.5 Å². The number of amides is 2. The van der Waals surface area contributed by atoms with Gasteiger partial charge in [0.25, 0.3) is 0 Å². The number of hydrogen-bond acceptors (Lipinski definition) is 3. The number of urea groups is 1. The highest BCUT2D eigenvalue weighted by Gasteiger charge is 2.33. The number of para-hydroxylation sites is 1. The van der Waals surface area contributed by atoms with Crippen LogP contribution in [0.5, 0.6) is 11.5 Å². The lowest BCUT2D eigenvalue weighted by Crippen LogP contribution is -2.37. The molecule has 7 heteroatoms. The van der Waals surface area contributed by atoms with E-state index >= 15 is 0 Å². The Labute approximate surface area is 197 Å². The summed E-state index contributed by atoms with van der Waals surface area (Å²) in [5.41, 5.74) is 4.28. The molecule has 4 aromatic rings. The Hall–Kier alpha value is -4.26. The smallest absolute Gasteiger partial charge is 0.322 e. The molecule has 0 radical (unpaired) electrons. The first-order chi connectivity index (χ1) is 16.6. The van der Waals surface area contributed by atoms with Crippen LogP contribution in [0.4, 0.5) is 14.9 Å². The minimum Gasteiger partial charge on any atom is -0.497 e. The van der Waals surface area contributed by atoms with Gasteiger partial charge in [-0.25, -0.2) is 9.18 Å². The normalized spacial score (nSPS) is 14.6. The molecule has 0 fully saturated rings. The van der Waals surface area contributed by atoms with Crippen molar-refractivity contribution >= 4 is 11.7 Å². The monoisotopic (exact) mass is 457 g/mol. The fraction of sp³-hybridized carbons (Fsp3) is 0.148. The number of carbonyl (C=O) groups is 1. The molecule has 0 spiro atoms. The molecule has 0 unspecified atom stereocenters. The number of nitrogens with zero attached hydrogens (tertiary/aromatic N) is 2. The molecule has 1 aliphatic heterocycles. The van der Waals surface area contributed by atoms with Crippen molar-refractivity contribution in [2.24, 2.45) is 0 Å². The highest BCUT2D eigenvalue weighted by Crippen LogP contribution is 2.37. The first-order valence-corrected chi connectivity index (χ1v) is 10.9. The number of ether oxygens (including phenoxy) is 2. The van der Waals surface area contributed by atoms with Gasteiger partial charge in [-0.05, 0) is 41.5 Å². The number of carbonyl (C=O) groups excluding carboxylic acids is 1. The molecule has 1 atom stereocenters. The number of fused-ring (bicyclic) bond motifs is 3. The lowest BCUT2D eigenvalue weighted by Gasteiger charge is -2.31. The predicted molar refractivity (Wildman–Crippen MR) is 128 cm³/mol. The molecule has 0 saturated carbocycles. The molecule has 172 valence electrons. The van der Waals surface area contributed by atoms with Gasteiger partial charge in [-0.3, -0.25) is 0 Å². The molecule has 6 nitrogen and oxygen atoms in total. The predicted octanol–water partition coefficient (Wildman–Crippen LogP) is 5.77. The summed E-state index contributed by atoms with van der Waals surface area (Å²) in [4.78, 5) is 15.5. The molecule has 1 aliphatic rings. The van der Waals surface area contributed by atoms with E-state index in [-0.39, 0.29) is 11.8 Å². The van der Waals surface area contributed by atoms with Gasteiger partial charge >= 0.3 is 6.03 Å². The SMILES string of the molecule is COc1cc(NC(=O)N2Cc3ccccc3-n3cccc3[C@H]2c2ccc(F)cc2)cc(OC)c1. The molecule has 2 amide bonds. The largest absolute Gasteiger partial charge is 0.497 e. The van der Waals surface area contributed by atoms with Gasteiger partial charge in [-0.15, -0.1) is 0 Å². The second kappa shape index (κ2) is 8.94. The van der Waals surface area contributed by atoms with E-state index in [4.69, 9.17) is 9.47 Å². The van der Waals surface area contributed by atoms with E-state index in [0.717, 1.165) is 22.5 Å². The van der Waals surface area contributed by atoms with Gasteiger partial charge in [0.15, 0.2) is 0 Å². The van der Waals surface area contributed by atoms with Crippen molar-refractivity contribution in [3.8, 4) is 17.2 Å². The zero-order valence-electron chi connectivity index (χ0n) is 18.9. The van der Waals surface area contributed by atoms with E-state index in [1.54, 1.807) is 49.5 Å². The molecule has 3 aromatic carbocycles. The molecule has 0 bridgehead atoms. The van der Waals surface area contributed by atoms with Crippen LogP contribution in [0.15, 0.2) is 85.1 Å². The number of halogens is 1. The molecule has 1 aromatic heterocycles. The maximum atomic E-state index is 13.8. The lowest BCUT2D eigenvalue weighted by atomic mass is 10.0. The maximum absolute atomic E-state index is 13.8. The van der Waals surface area contributed by atoms with Crippen molar-refractivity contribution in [2.45, 2.75) is 12.6 Å². The first kappa shape index (κ1) is 21.6. The molecule has 2 heterocycles. The van der Waals surface area contributed by atoms with Crippen LogP contribution in [0.1, 0.15) is 22.9 Å². The number of rotatable bonds is 4. The Bertz CT molecular complexity index is 1310. The van der Waals surface area contributed by atoms with Gasteiger partial charge in [0, 0.05) is 35.8 Å². The van der Waals surface area contributed by atoms with Crippen molar-refractivity contribution in [3.05, 3.63) is 108 Å². The fourth-order valence-electron chi connectivity index (χ4n) is 4.41. The summed E-state index contributed by atoms with van der Waals surface area (Å²) in [6, 6.07) is 22.7. The molecular weight excluding hydrogens is 433 g/mol. The number of anilines is 1. The van der Waals surface area contributed by atoms with Gasteiger partial charge in [0.2, 0.25) is 0 Å². The van der Waals surface area contributed by atoms with Crippen molar-refractivity contribution in [2.75, 3.05) is 19.5 Å². The third-order valence-corrected chi connectivity index (χ3v) is 6.01. The minimum atomic E-state index is -0.435. The molecular formula is C27H24FN3O3. The number of benzene rings is 3. The Morgan fingerprint density at radius 3 is 2.35 bits per heavy atom. The van der Waals surface area contributed by atoms with Gasteiger partial charge in [-0.2, -0.15) is 0 Å². The molecule has 34 heavy (non-hydrogen) atoms. The summed E-state index contributed by atoms with van der Waals surface area (Å²) >= 11 is 0. The molecule has 5 rings (SSSR count). The number of hydrogen-bond donors (Lipinski definition) is 1. The van der Waals surface area contributed by atoms with Gasteiger partial charge < -0.3 is 24.3 Å². The van der Waals surface area contributed by atoms with Crippen LogP contribution in [0.2, 0.25) is 0 Å². The minimum absolute atomic E-state index is 0.297. The summed E-state index contributed by atoms with van der Waals surface area (Å²) in [7, 11) is 3.12. The Balaban J connectivity index is 1.60. The Morgan fingerprint density at radius 1 is 0.941 bits per heavy atom. The average Bonchev–Trinajstić information content (AvgIpc) is 3.28. The average molecular weight is 458 g/mol. The molecule has 0 aliphatic carbocycles. The summed E-state index contributed by atoms with van der Waals surface area (Å²) < 4.78 is 26.5. The zero-order chi connectivity index (χ0) is 23.7. The van der Waals surface area contributed by atoms with Crippen LogP contribution in [0, 0.1) is 5.82 Å². The van der Waals surface area contributed by atoms with E-state index < -0.39 is 6.04 Å². The quantitative estimate of drug-likeness (QED) is 0.423. The van der Waals surface area contributed by atoms with Crippen molar-refractivity contribution in [1.82, 2.24) is 9.47 Å². The molecule has 0 saturated heterocycles. The van der Waals surface area contributed by atoms with E-state index in [0.29, 0.717) is 23.7 Å². The summed E-state index contributed by atoms with van der Waals surface area (Å²) in [5.74, 6) is 0.815. The third-order valence-electron chi connectivity index (χ3n) is 6.01. The van der Waals surface area contributed by atoms with Crippen LogP contribution in [-0.2, 0) is 6.54 Å². The number of nitrogens with one attached hydrogen (secondary N) is 1.